The molecule has 3 saturated heterocycles. The van der Waals surface area contributed by atoms with Gasteiger partial charge in [0.2, 0.25) is 11.8 Å². The topological polar surface area (TPSA) is 168 Å². The van der Waals surface area contributed by atoms with Gasteiger partial charge in [0.25, 0.3) is 11.8 Å². The van der Waals surface area contributed by atoms with Crippen molar-refractivity contribution in [2.45, 2.75) is 112 Å². The molecule has 4 aliphatic heterocycles. The zero-order chi connectivity index (χ0) is 47.8. The van der Waals surface area contributed by atoms with E-state index in [1.807, 2.05) is 32.2 Å². The predicted molar refractivity (Wildman–Crippen MR) is 256 cm³/mol. The summed E-state index contributed by atoms with van der Waals surface area (Å²) in [4.78, 5) is 83.4. The zero-order valence-electron chi connectivity index (χ0n) is 40.1. The summed E-state index contributed by atoms with van der Waals surface area (Å²) in [6.45, 7) is 16.2. The molecule has 1 spiro atoms. The third kappa shape index (κ3) is 9.47. The first kappa shape index (κ1) is 47.8. The molecule has 3 aromatic heterocycles. The number of hydrazine groups is 1. The Bertz CT molecular complexity index is 2630. The number of hydrogen-bond acceptors (Lipinski definition) is 11. The molecular weight excluding hydrogens is 869 g/mol. The maximum atomic E-state index is 14.7. The largest absolute Gasteiger partial charge is 0.465 e. The van der Waals surface area contributed by atoms with E-state index < -0.39 is 34.7 Å². The van der Waals surface area contributed by atoms with Crippen molar-refractivity contribution in [2.24, 2.45) is 22.7 Å². The number of esters is 1. The Morgan fingerprint density at radius 1 is 1.10 bits per heavy atom. The number of thiazole rings is 1. The fourth-order valence-corrected chi connectivity index (χ4v) is 11.4. The van der Waals surface area contributed by atoms with Crippen LogP contribution in [0.2, 0.25) is 0 Å². The first-order valence-corrected chi connectivity index (χ1v) is 24.6. The lowest BCUT2D eigenvalue weighted by molar-refractivity contribution is -0.152. The molecule has 6 bridgehead atoms. The lowest BCUT2D eigenvalue weighted by atomic mass is 9.84. The molecule has 15 nitrogen and oxygen atoms in total. The molecule has 0 aliphatic carbocycles. The van der Waals surface area contributed by atoms with Gasteiger partial charge >= 0.3 is 5.97 Å². The predicted octanol–water partition coefficient (Wildman–Crippen LogP) is 5.95. The fourth-order valence-electron chi connectivity index (χ4n) is 10.5. The summed E-state index contributed by atoms with van der Waals surface area (Å²) in [5, 5.41) is 8.32. The van der Waals surface area contributed by atoms with Crippen LogP contribution >= 0.6 is 11.3 Å². The van der Waals surface area contributed by atoms with Gasteiger partial charge < -0.3 is 29.2 Å². The van der Waals surface area contributed by atoms with Crippen LogP contribution in [0.4, 0.5) is 0 Å². The van der Waals surface area contributed by atoms with Crippen LogP contribution in [0.5, 0.6) is 0 Å². The number of aryl methyl sites for hydroxylation is 1. The fraction of sp³-hybridized carbons (Fsp3) is 0.549. The number of likely N-dealkylation sites (tertiary alicyclic amines) is 2. The quantitative estimate of drug-likeness (QED) is 0.159. The Labute approximate surface area is 397 Å². The maximum Gasteiger partial charge on any atom is 0.310 e. The van der Waals surface area contributed by atoms with E-state index in [9.17, 15) is 24.0 Å². The summed E-state index contributed by atoms with van der Waals surface area (Å²) in [7, 11) is 1.69. The van der Waals surface area contributed by atoms with E-state index in [4.69, 9.17) is 19.4 Å². The van der Waals surface area contributed by atoms with Crippen molar-refractivity contribution in [3.8, 4) is 34.4 Å². The molecule has 7 heterocycles. The van der Waals surface area contributed by atoms with Crippen LogP contribution in [-0.4, -0.2) is 117 Å². The Kier molecular flexibility index (Phi) is 14.0. The summed E-state index contributed by atoms with van der Waals surface area (Å²) in [5.41, 5.74) is 8.65. The van der Waals surface area contributed by atoms with Gasteiger partial charge in [-0.1, -0.05) is 39.7 Å². The van der Waals surface area contributed by atoms with Crippen LogP contribution in [0.15, 0.2) is 41.9 Å². The second-order valence-corrected chi connectivity index (χ2v) is 20.7. The van der Waals surface area contributed by atoms with Crippen LogP contribution in [0.25, 0.3) is 33.4 Å². The van der Waals surface area contributed by atoms with Gasteiger partial charge in [-0.2, -0.15) is 0 Å². The Balaban J connectivity index is 1.16. The molecule has 67 heavy (non-hydrogen) atoms. The maximum absolute atomic E-state index is 14.7. The summed E-state index contributed by atoms with van der Waals surface area (Å²) in [6, 6.07) is 8.55. The molecule has 5 atom stereocenters. The Morgan fingerprint density at radius 3 is 2.64 bits per heavy atom. The minimum Gasteiger partial charge on any atom is -0.465 e. The molecule has 3 fully saturated rings. The lowest BCUT2D eigenvalue weighted by Crippen LogP contribution is -2.59. The third-order valence-electron chi connectivity index (χ3n) is 14.1. The number of nitrogens with one attached hydrogen (secondary N) is 2. The molecule has 1 aromatic carbocycles. The van der Waals surface area contributed by atoms with E-state index >= 15 is 0 Å². The van der Waals surface area contributed by atoms with Gasteiger partial charge in [0.1, 0.15) is 12.1 Å². The van der Waals surface area contributed by atoms with Crippen molar-refractivity contribution in [1.29, 1.82) is 0 Å². The van der Waals surface area contributed by atoms with Gasteiger partial charge in [-0.05, 0) is 94.5 Å². The molecule has 2 N–H and O–H groups in total. The van der Waals surface area contributed by atoms with Crippen LogP contribution in [0.1, 0.15) is 96.5 Å². The number of methoxy groups -OCH3 is 1. The Hall–Kier alpha value is -5.63. The number of cyclic esters (lactones) is 1. The van der Waals surface area contributed by atoms with Crippen molar-refractivity contribution in [3.63, 3.8) is 0 Å². The molecule has 1 unspecified atom stereocenters. The molecule has 356 valence electrons. The first-order chi connectivity index (χ1) is 32.1. The van der Waals surface area contributed by atoms with E-state index in [0.29, 0.717) is 63.3 Å². The van der Waals surface area contributed by atoms with Crippen molar-refractivity contribution in [3.05, 3.63) is 58.2 Å². The highest BCUT2D eigenvalue weighted by Crippen LogP contribution is 2.44. The molecule has 4 aliphatic rings. The molecule has 4 aromatic rings. The first-order valence-electron chi connectivity index (χ1n) is 23.7. The molecule has 8 rings (SSSR count). The highest BCUT2D eigenvalue weighted by Gasteiger charge is 2.54. The van der Waals surface area contributed by atoms with Crippen LogP contribution in [-0.2, 0) is 52.8 Å². The van der Waals surface area contributed by atoms with E-state index in [-0.39, 0.29) is 61.8 Å². The third-order valence-corrected chi connectivity index (χ3v) is 15.0. The number of amides is 4. The number of aromatic nitrogens is 3. The summed E-state index contributed by atoms with van der Waals surface area (Å²) >= 11 is 1.43. The van der Waals surface area contributed by atoms with Crippen molar-refractivity contribution >= 4 is 51.8 Å². The SMILES string of the molecule is CC#CC(=O)N1CC[C@@]2(CCN(C(C(=O)N[C@H]3Cc4nc(cs4)-c4ccc5c(c4)c(c(-c4cccnc4[C@H](C)OC)n5CC)CC(C)(C)COC(=O)[C@@H]4CCCN(NC4)C3=O)C(C)C)C2=O)C1. The summed E-state index contributed by atoms with van der Waals surface area (Å²) < 4.78 is 14.3. The second-order valence-electron chi connectivity index (χ2n) is 19.7. The number of nitrogens with zero attached hydrogens (tertiary/aromatic N) is 6. The average molecular weight is 933 g/mol. The number of carbonyl (C=O) groups excluding carboxylic acids is 5. The van der Waals surface area contributed by atoms with Crippen LogP contribution in [0.3, 0.4) is 0 Å². The van der Waals surface area contributed by atoms with Crippen molar-refractivity contribution in [1.82, 2.24) is 40.1 Å². The number of benzene rings is 1. The van der Waals surface area contributed by atoms with E-state index in [1.165, 1.54) is 16.3 Å². The highest BCUT2D eigenvalue weighted by molar-refractivity contribution is 7.10. The van der Waals surface area contributed by atoms with E-state index in [2.05, 4.69) is 72.2 Å². The number of rotatable bonds is 8. The smallest absolute Gasteiger partial charge is 0.310 e. The van der Waals surface area contributed by atoms with Crippen molar-refractivity contribution < 1.29 is 33.4 Å². The molecular formula is C51H64N8O7S. The van der Waals surface area contributed by atoms with Gasteiger partial charge in [-0.25, -0.2) is 10.4 Å². The number of carbonyl (C=O) groups is 5. The molecule has 0 radical (unpaired) electrons. The van der Waals surface area contributed by atoms with Crippen molar-refractivity contribution in [2.75, 3.05) is 46.4 Å². The zero-order valence-corrected chi connectivity index (χ0v) is 40.9. The lowest BCUT2D eigenvalue weighted by Gasteiger charge is -2.34. The standard InChI is InChI=1S/C51H64N8O7S/c1-9-13-42(60)56-22-18-51(29-56)19-23-58(49(51)64)44(31(3)4)46(61)55-38-25-41-54-39(28-67-41)33-16-17-40-36(24-33)37(45(57(40)10-2)35-15-11-20-52-43(35)32(5)65-8)26-50(6,7)30-66-48(63)34-14-12-21-59(47(38)62)53-27-34/h11,15-17,20,24,28,31-32,34,38,44,53H,10,12,14,18-19,21-23,25-27,29-30H2,1-8H3,(H,55,61)/t32-,34+,38-,44?,51+/m0/s1. The minimum absolute atomic E-state index is 0.108. The number of hydrogen-bond donors (Lipinski definition) is 2. The van der Waals surface area contributed by atoms with Gasteiger partial charge in [0.05, 0.1) is 46.1 Å². The second kappa shape index (κ2) is 19.5. The minimum atomic E-state index is -1.04. The average Bonchev–Trinajstić information content (AvgIpc) is 4.06. The Morgan fingerprint density at radius 2 is 1.90 bits per heavy atom. The van der Waals surface area contributed by atoms with Crippen LogP contribution in [0, 0.1) is 34.5 Å². The summed E-state index contributed by atoms with van der Waals surface area (Å²) in [5.74, 6) is 2.91. The number of pyridine rings is 1. The van der Waals surface area contributed by atoms with E-state index in [1.54, 1.807) is 30.0 Å². The number of fused-ring (bicyclic) bond motifs is 7. The van der Waals surface area contributed by atoms with Gasteiger partial charge in [0.15, 0.2) is 0 Å². The monoisotopic (exact) mass is 932 g/mol. The van der Waals surface area contributed by atoms with E-state index in [0.717, 1.165) is 44.7 Å². The summed E-state index contributed by atoms with van der Waals surface area (Å²) in [6.07, 6.45) is 4.32. The van der Waals surface area contributed by atoms with Gasteiger partial charge in [0, 0.05) is 91.8 Å². The molecule has 0 saturated carbocycles. The molecule has 16 heteroatoms. The number of ether oxygens (including phenoxy) is 2. The molecule has 4 amide bonds. The highest BCUT2D eigenvalue weighted by atomic mass is 32.1. The van der Waals surface area contributed by atoms with Gasteiger partial charge in [-0.15, -0.1) is 11.3 Å². The van der Waals surface area contributed by atoms with Gasteiger partial charge in [-0.3, -0.25) is 34.0 Å². The van der Waals surface area contributed by atoms with Crippen LogP contribution < -0.4 is 10.7 Å². The normalized spacial score (nSPS) is 23.2.